The molecule has 0 fully saturated rings. The van der Waals surface area contributed by atoms with Crippen LogP contribution in [0.25, 0.3) is 0 Å². The monoisotopic (exact) mass is 415 g/mol. The Labute approximate surface area is 181 Å². The number of rotatable bonds is 6. The number of carbonyl (C=O) groups is 2. The van der Waals surface area contributed by atoms with E-state index in [1.165, 1.54) is 0 Å². The van der Waals surface area contributed by atoms with E-state index < -0.39 is 12.1 Å². The molecule has 6 nitrogen and oxygen atoms in total. The molecule has 1 unspecified atom stereocenters. The van der Waals surface area contributed by atoms with Crippen LogP contribution >= 0.6 is 0 Å². The molecule has 3 aromatic carbocycles. The first-order valence-electron chi connectivity index (χ1n) is 10.4. The number of hydrogen-bond acceptors (Lipinski definition) is 3. The standard InChI is InChI=1S/C25H25N3O3/c1-2-31-22-15-9-7-13-20(22)26-25(30)27-23(19-11-4-3-5-12-19)24(29)28-17-16-18-10-6-8-14-21(18)28/h3-15,23H,2,16-17H2,1H3,(H2,26,27,30). The number of benzene rings is 3. The van der Waals surface area contributed by atoms with Crippen LogP contribution in [-0.4, -0.2) is 25.1 Å². The minimum Gasteiger partial charge on any atom is -0.492 e. The maximum atomic E-state index is 13.5. The summed E-state index contributed by atoms with van der Waals surface area (Å²) in [5, 5.41) is 5.68. The molecule has 0 radical (unpaired) electrons. The Bertz CT molecular complexity index is 1070. The second-order valence-electron chi connectivity index (χ2n) is 7.24. The molecule has 1 heterocycles. The largest absolute Gasteiger partial charge is 0.492 e. The summed E-state index contributed by atoms with van der Waals surface area (Å²) in [6.45, 7) is 2.96. The molecule has 0 spiro atoms. The van der Waals surface area contributed by atoms with Gasteiger partial charge in [-0.2, -0.15) is 0 Å². The molecular weight excluding hydrogens is 390 g/mol. The van der Waals surface area contributed by atoms with Crippen molar-refractivity contribution in [1.82, 2.24) is 5.32 Å². The van der Waals surface area contributed by atoms with Crippen LogP contribution in [0.2, 0.25) is 0 Å². The van der Waals surface area contributed by atoms with Crippen LogP contribution in [0.4, 0.5) is 16.2 Å². The molecule has 4 rings (SSSR count). The van der Waals surface area contributed by atoms with Crippen molar-refractivity contribution in [2.75, 3.05) is 23.4 Å². The van der Waals surface area contributed by atoms with Gasteiger partial charge in [0.1, 0.15) is 11.8 Å². The van der Waals surface area contributed by atoms with E-state index in [9.17, 15) is 9.59 Å². The second kappa shape index (κ2) is 9.34. The van der Waals surface area contributed by atoms with Gasteiger partial charge in [0.15, 0.2) is 0 Å². The zero-order valence-electron chi connectivity index (χ0n) is 17.4. The first-order valence-corrected chi connectivity index (χ1v) is 10.4. The van der Waals surface area contributed by atoms with E-state index in [0.29, 0.717) is 24.6 Å². The molecule has 2 N–H and O–H groups in total. The number of hydrogen-bond donors (Lipinski definition) is 2. The third-order valence-electron chi connectivity index (χ3n) is 5.24. The van der Waals surface area contributed by atoms with E-state index >= 15 is 0 Å². The Morgan fingerprint density at radius 3 is 2.48 bits per heavy atom. The number of para-hydroxylation sites is 3. The number of ether oxygens (including phenoxy) is 1. The highest BCUT2D eigenvalue weighted by molar-refractivity contribution is 6.02. The number of carbonyl (C=O) groups excluding carboxylic acids is 2. The fraction of sp³-hybridized carbons (Fsp3) is 0.200. The maximum Gasteiger partial charge on any atom is 0.320 e. The molecular formula is C25H25N3O3. The topological polar surface area (TPSA) is 70.7 Å². The quantitative estimate of drug-likeness (QED) is 0.621. The Kier molecular flexibility index (Phi) is 6.17. The van der Waals surface area contributed by atoms with E-state index in [-0.39, 0.29) is 5.91 Å². The lowest BCUT2D eigenvalue weighted by Crippen LogP contribution is -2.43. The van der Waals surface area contributed by atoms with E-state index in [2.05, 4.69) is 10.6 Å². The van der Waals surface area contributed by atoms with Gasteiger partial charge in [-0.15, -0.1) is 0 Å². The molecule has 0 saturated carbocycles. The summed E-state index contributed by atoms with van der Waals surface area (Å²) >= 11 is 0. The molecule has 31 heavy (non-hydrogen) atoms. The molecule has 1 aliphatic rings. The Hall–Kier alpha value is -3.80. The fourth-order valence-corrected chi connectivity index (χ4v) is 3.80. The van der Waals surface area contributed by atoms with Crippen LogP contribution in [0.3, 0.4) is 0 Å². The lowest BCUT2D eigenvalue weighted by atomic mass is 10.1. The smallest absolute Gasteiger partial charge is 0.320 e. The molecule has 158 valence electrons. The third kappa shape index (κ3) is 4.53. The second-order valence-corrected chi connectivity index (χ2v) is 7.24. The molecule has 1 aliphatic heterocycles. The number of nitrogens with zero attached hydrogens (tertiary/aromatic N) is 1. The summed E-state index contributed by atoms with van der Waals surface area (Å²) in [5.41, 5.74) is 3.31. The Morgan fingerprint density at radius 1 is 0.968 bits per heavy atom. The Balaban J connectivity index is 1.57. The van der Waals surface area contributed by atoms with Gasteiger partial charge in [-0.3, -0.25) is 4.79 Å². The van der Waals surface area contributed by atoms with Gasteiger partial charge in [0.25, 0.3) is 5.91 Å². The number of nitrogens with one attached hydrogen (secondary N) is 2. The van der Waals surface area contributed by atoms with E-state index in [1.807, 2.05) is 73.7 Å². The molecule has 0 saturated heterocycles. The molecule has 0 aromatic heterocycles. The maximum absolute atomic E-state index is 13.5. The van der Waals surface area contributed by atoms with Crippen LogP contribution in [0.1, 0.15) is 24.1 Å². The molecule has 0 aliphatic carbocycles. The highest BCUT2D eigenvalue weighted by Crippen LogP contribution is 2.30. The SMILES string of the molecule is CCOc1ccccc1NC(=O)NC(C(=O)N1CCc2ccccc21)c1ccccc1. The lowest BCUT2D eigenvalue weighted by molar-refractivity contribution is -0.120. The van der Waals surface area contributed by atoms with Crippen molar-refractivity contribution >= 4 is 23.3 Å². The van der Waals surface area contributed by atoms with Crippen molar-refractivity contribution in [1.29, 1.82) is 0 Å². The van der Waals surface area contributed by atoms with Crippen LogP contribution in [0.15, 0.2) is 78.9 Å². The van der Waals surface area contributed by atoms with E-state index in [0.717, 1.165) is 23.2 Å². The minimum absolute atomic E-state index is 0.163. The van der Waals surface area contributed by atoms with Crippen LogP contribution in [0.5, 0.6) is 5.75 Å². The average molecular weight is 415 g/mol. The third-order valence-corrected chi connectivity index (χ3v) is 5.24. The number of anilines is 2. The first kappa shape index (κ1) is 20.5. The van der Waals surface area contributed by atoms with Crippen molar-refractivity contribution in [3.63, 3.8) is 0 Å². The lowest BCUT2D eigenvalue weighted by Gasteiger charge is -2.25. The highest BCUT2D eigenvalue weighted by atomic mass is 16.5. The van der Waals surface area contributed by atoms with Gasteiger partial charge in [-0.05, 0) is 42.7 Å². The molecule has 6 heteroatoms. The van der Waals surface area contributed by atoms with Gasteiger partial charge in [0.05, 0.1) is 12.3 Å². The van der Waals surface area contributed by atoms with Crippen LogP contribution in [0, 0.1) is 0 Å². The van der Waals surface area contributed by atoms with Gasteiger partial charge in [0, 0.05) is 12.2 Å². The summed E-state index contributed by atoms with van der Waals surface area (Å²) in [4.78, 5) is 28.1. The van der Waals surface area contributed by atoms with E-state index in [4.69, 9.17) is 4.74 Å². The molecule has 0 bridgehead atoms. The molecule has 1 atom stereocenters. The van der Waals surface area contributed by atoms with Crippen molar-refractivity contribution < 1.29 is 14.3 Å². The van der Waals surface area contributed by atoms with Crippen molar-refractivity contribution in [3.05, 3.63) is 90.0 Å². The Morgan fingerprint density at radius 2 is 1.68 bits per heavy atom. The summed E-state index contributed by atoms with van der Waals surface area (Å²) in [7, 11) is 0. The average Bonchev–Trinajstić information content (AvgIpc) is 3.23. The summed E-state index contributed by atoms with van der Waals surface area (Å²) < 4.78 is 5.58. The predicted molar refractivity (Wildman–Crippen MR) is 121 cm³/mol. The number of amides is 3. The van der Waals surface area contributed by atoms with E-state index in [1.54, 1.807) is 17.0 Å². The van der Waals surface area contributed by atoms with Crippen LogP contribution in [-0.2, 0) is 11.2 Å². The van der Waals surface area contributed by atoms with Gasteiger partial charge >= 0.3 is 6.03 Å². The zero-order valence-corrected chi connectivity index (χ0v) is 17.4. The molecule has 3 aromatic rings. The zero-order chi connectivity index (χ0) is 21.6. The van der Waals surface area contributed by atoms with Crippen molar-refractivity contribution in [2.45, 2.75) is 19.4 Å². The minimum atomic E-state index is -0.813. The van der Waals surface area contributed by atoms with Gasteiger partial charge < -0.3 is 20.3 Å². The summed E-state index contributed by atoms with van der Waals surface area (Å²) in [6.07, 6.45) is 0.803. The van der Waals surface area contributed by atoms with Gasteiger partial charge in [-0.1, -0.05) is 60.7 Å². The predicted octanol–water partition coefficient (Wildman–Crippen LogP) is 4.54. The number of fused-ring (bicyclic) bond motifs is 1. The fourth-order valence-electron chi connectivity index (χ4n) is 3.80. The van der Waals surface area contributed by atoms with Crippen molar-refractivity contribution in [2.24, 2.45) is 0 Å². The first-order chi connectivity index (χ1) is 15.2. The summed E-state index contributed by atoms with van der Waals surface area (Å²) in [6, 6.07) is 23.1. The van der Waals surface area contributed by atoms with Gasteiger partial charge in [0.2, 0.25) is 0 Å². The van der Waals surface area contributed by atoms with Crippen molar-refractivity contribution in [3.8, 4) is 5.75 Å². The molecule has 3 amide bonds. The van der Waals surface area contributed by atoms with Gasteiger partial charge in [-0.25, -0.2) is 4.79 Å². The van der Waals surface area contributed by atoms with Crippen LogP contribution < -0.4 is 20.3 Å². The highest BCUT2D eigenvalue weighted by Gasteiger charge is 2.32. The number of urea groups is 1. The summed E-state index contributed by atoms with van der Waals surface area (Å²) in [5.74, 6) is 0.417. The normalized spacial score (nSPS) is 13.3.